The Morgan fingerprint density at radius 2 is 1.61 bits per heavy atom. The van der Waals surface area contributed by atoms with Gasteiger partial charge in [-0.2, -0.15) is 0 Å². The van der Waals surface area contributed by atoms with Crippen LogP contribution in [0.3, 0.4) is 0 Å². The summed E-state index contributed by atoms with van der Waals surface area (Å²) >= 11 is 0. The van der Waals surface area contributed by atoms with Gasteiger partial charge in [-0.3, -0.25) is 9.59 Å². The number of benzene rings is 2. The fourth-order valence-electron chi connectivity index (χ4n) is 3.31. The van der Waals surface area contributed by atoms with E-state index in [1.54, 1.807) is 24.3 Å². The lowest BCUT2D eigenvalue weighted by Gasteiger charge is -2.17. The number of amides is 2. The molecule has 1 heterocycles. The highest BCUT2D eigenvalue weighted by molar-refractivity contribution is 6.06. The van der Waals surface area contributed by atoms with Crippen molar-refractivity contribution in [3.05, 3.63) is 59.7 Å². The molecule has 2 amide bonds. The Morgan fingerprint density at radius 3 is 2.25 bits per heavy atom. The van der Waals surface area contributed by atoms with Gasteiger partial charge in [0.05, 0.1) is 0 Å². The van der Waals surface area contributed by atoms with Gasteiger partial charge in [0.1, 0.15) is 0 Å². The van der Waals surface area contributed by atoms with Gasteiger partial charge in [0.15, 0.2) is 0 Å². The largest absolute Gasteiger partial charge is 0.372 e. The van der Waals surface area contributed by atoms with Crippen molar-refractivity contribution in [1.29, 1.82) is 0 Å². The minimum Gasteiger partial charge on any atom is -0.372 e. The van der Waals surface area contributed by atoms with Gasteiger partial charge in [0.2, 0.25) is 0 Å². The molecule has 3 rings (SSSR count). The lowest BCUT2D eigenvalue weighted by Crippen LogP contribution is -2.25. The SMILES string of the molecule is CC(C)CCNC(=O)c1cccc(C(=O)Nc2ccc(N3CCCC3)cc2)c1. The maximum atomic E-state index is 12.6. The Hall–Kier alpha value is -2.82. The summed E-state index contributed by atoms with van der Waals surface area (Å²) in [5.41, 5.74) is 2.91. The molecule has 0 radical (unpaired) electrons. The minimum absolute atomic E-state index is 0.148. The third kappa shape index (κ3) is 5.35. The molecule has 1 saturated heterocycles. The molecule has 5 nitrogen and oxygen atoms in total. The van der Waals surface area contributed by atoms with Crippen molar-refractivity contribution < 1.29 is 9.59 Å². The van der Waals surface area contributed by atoms with Crippen molar-refractivity contribution in [2.24, 2.45) is 5.92 Å². The first-order valence-electron chi connectivity index (χ1n) is 10.1. The summed E-state index contributed by atoms with van der Waals surface area (Å²) < 4.78 is 0. The molecular weight excluding hydrogens is 350 g/mol. The van der Waals surface area contributed by atoms with Crippen LogP contribution in [0.1, 0.15) is 53.8 Å². The maximum Gasteiger partial charge on any atom is 0.255 e. The van der Waals surface area contributed by atoms with Crippen molar-refractivity contribution in [3.63, 3.8) is 0 Å². The molecule has 148 valence electrons. The third-order valence-electron chi connectivity index (χ3n) is 4.99. The second-order valence-corrected chi connectivity index (χ2v) is 7.71. The lowest BCUT2D eigenvalue weighted by atomic mass is 10.1. The zero-order valence-electron chi connectivity index (χ0n) is 16.7. The zero-order valence-corrected chi connectivity index (χ0v) is 16.7. The van der Waals surface area contributed by atoms with Gasteiger partial charge < -0.3 is 15.5 Å². The average molecular weight is 380 g/mol. The molecule has 0 unspecified atom stereocenters. The van der Waals surface area contributed by atoms with Crippen LogP contribution in [0.25, 0.3) is 0 Å². The molecule has 0 saturated carbocycles. The normalized spacial score (nSPS) is 13.6. The monoisotopic (exact) mass is 379 g/mol. The molecule has 1 fully saturated rings. The van der Waals surface area contributed by atoms with E-state index in [0.717, 1.165) is 25.2 Å². The predicted molar refractivity (Wildman–Crippen MR) is 114 cm³/mol. The van der Waals surface area contributed by atoms with E-state index in [-0.39, 0.29) is 11.8 Å². The molecule has 1 aliphatic heterocycles. The van der Waals surface area contributed by atoms with E-state index in [9.17, 15) is 9.59 Å². The molecule has 1 aliphatic rings. The van der Waals surface area contributed by atoms with Crippen LogP contribution in [0.2, 0.25) is 0 Å². The Kier molecular flexibility index (Phi) is 6.69. The van der Waals surface area contributed by atoms with Gasteiger partial charge in [0.25, 0.3) is 11.8 Å². The van der Waals surface area contributed by atoms with Gasteiger partial charge in [-0.05, 0) is 67.6 Å². The summed E-state index contributed by atoms with van der Waals surface area (Å²) in [6.07, 6.45) is 3.40. The van der Waals surface area contributed by atoms with E-state index in [0.29, 0.717) is 23.6 Å². The molecule has 0 atom stereocenters. The number of hydrogen-bond donors (Lipinski definition) is 2. The van der Waals surface area contributed by atoms with Crippen molar-refractivity contribution in [3.8, 4) is 0 Å². The first-order valence-corrected chi connectivity index (χ1v) is 10.1. The number of nitrogens with one attached hydrogen (secondary N) is 2. The molecular formula is C23H29N3O2. The van der Waals surface area contributed by atoms with Crippen LogP contribution in [-0.2, 0) is 0 Å². The summed E-state index contributed by atoms with van der Waals surface area (Å²) in [4.78, 5) is 27.2. The Labute approximate surface area is 167 Å². The highest BCUT2D eigenvalue weighted by atomic mass is 16.2. The highest BCUT2D eigenvalue weighted by Gasteiger charge is 2.13. The van der Waals surface area contributed by atoms with Crippen molar-refractivity contribution in [2.75, 3.05) is 29.9 Å². The van der Waals surface area contributed by atoms with Crippen molar-refractivity contribution in [2.45, 2.75) is 33.1 Å². The smallest absolute Gasteiger partial charge is 0.255 e. The molecule has 0 aromatic heterocycles. The number of hydrogen-bond acceptors (Lipinski definition) is 3. The Bertz CT molecular complexity index is 809. The van der Waals surface area contributed by atoms with E-state index in [1.165, 1.54) is 18.5 Å². The summed E-state index contributed by atoms with van der Waals surface area (Å²) in [5, 5.41) is 5.81. The molecule has 0 aliphatic carbocycles. The molecule has 0 bridgehead atoms. The zero-order chi connectivity index (χ0) is 19.9. The molecule has 0 spiro atoms. The highest BCUT2D eigenvalue weighted by Crippen LogP contribution is 2.22. The van der Waals surface area contributed by atoms with Crippen LogP contribution in [0.5, 0.6) is 0 Å². The van der Waals surface area contributed by atoms with E-state index in [2.05, 4.69) is 29.4 Å². The van der Waals surface area contributed by atoms with Crippen LogP contribution in [-0.4, -0.2) is 31.4 Å². The van der Waals surface area contributed by atoms with Crippen LogP contribution in [0.4, 0.5) is 11.4 Å². The van der Waals surface area contributed by atoms with Crippen LogP contribution < -0.4 is 15.5 Å². The second kappa shape index (κ2) is 9.40. The Balaban J connectivity index is 1.60. The van der Waals surface area contributed by atoms with E-state index in [1.807, 2.05) is 24.3 Å². The summed E-state index contributed by atoms with van der Waals surface area (Å²) in [7, 11) is 0. The number of rotatable bonds is 7. The van der Waals surface area contributed by atoms with E-state index < -0.39 is 0 Å². The fourth-order valence-corrected chi connectivity index (χ4v) is 3.31. The van der Waals surface area contributed by atoms with Gasteiger partial charge >= 0.3 is 0 Å². The summed E-state index contributed by atoms with van der Waals surface area (Å²) in [6.45, 7) is 7.06. The molecule has 5 heteroatoms. The van der Waals surface area contributed by atoms with Gasteiger partial charge in [-0.1, -0.05) is 19.9 Å². The number of anilines is 2. The second-order valence-electron chi connectivity index (χ2n) is 7.71. The average Bonchev–Trinajstić information content (AvgIpc) is 3.23. The molecule has 2 N–H and O–H groups in total. The van der Waals surface area contributed by atoms with Crippen molar-refractivity contribution >= 4 is 23.2 Å². The quantitative estimate of drug-likeness (QED) is 0.753. The first-order chi connectivity index (χ1) is 13.5. The summed E-state index contributed by atoms with van der Waals surface area (Å²) in [5.74, 6) is 0.172. The topological polar surface area (TPSA) is 61.4 Å². The van der Waals surface area contributed by atoms with E-state index in [4.69, 9.17) is 0 Å². The van der Waals surface area contributed by atoms with E-state index >= 15 is 0 Å². The van der Waals surface area contributed by atoms with Gasteiger partial charge in [-0.25, -0.2) is 0 Å². The molecule has 2 aromatic rings. The third-order valence-corrected chi connectivity index (χ3v) is 4.99. The van der Waals surface area contributed by atoms with Crippen LogP contribution in [0.15, 0.2) is 48.5 Å². The van der Waals surface area contributed by atoms with Crippen LogP contribution in [0, 0.1) is 5.92 Å². The first kappa shape index (κ1) is 19.9. The number of carbonyl (C=O) groups excluding carboxylic acids is 2. The van der Waals surface area contributed by atoms with Crippen molar-refractivity contribution in [1.82, 2.24) is 5.32 Å². The summed E-state index contributed by atoms with van der Waals surface area (Å²) in [6, 6.07) is 14.8. The number of nitrogens with zero attached hydrogens (tertiary/aromatic N) is 1. The fraction of sp³-hybridized carbons (Fsp3) is 0.391. The van der Waals surface area contributed by atoms with Gasteiger partial charge in [-0.15, -0.1) is 0 Å². The lowest BCUT2D eigenvalue weighted by molar-refractivity contribution is 0.0952. The molecule has 2 aromatic carbocycles. The minimum atomic E-state index is -0.217. The maximum absolute atomic E-state index is 12.6. The van der Waals surface area contributed by atoms with Crippen LogP contribution >= 0.6 is 0 Å². The molecule has 28 heavy (non-hydrogen) atoms. The predicted octanol–water partition coefficient (Wildman–Crippen LogP) is 4.32. The standard InChI is InChI=1S/C23H29N3O2/c1-17(2)12-13-24-22(27)18-6-5-7-19(16-18)23(28)25-20-8-10-21(11-9-20)26-14-3-4-15-26/h5-11,16-17H,3-4,12-15H2,1-2H3,(H,24,27)(H,25,28). The number of carbonyl (C=O) groups is 2. The Morgan fingerprint density at radius 1 is 0.964 bits per heavy atom. The van der Waals surface area contributed by atoms with Gasteiger partial charge in [0, 0.05) is 42.1 Å².